The largest absolute Gasteiger partial charge is 0.398 e. The maximum Gasteiger partial charge on any atom is 0.240 e. The number of nitrogens with two attached hydrogens (primary N) is 1. The van der Waals surface area contributed by atoms with E-state index in [1.807, 2.05) is 0 Å². The molecule has 1 heterocycles. The lowest BCUT2D eigenvalue weighted by Gasteiger charge is -2.09. The molecule has 0 aliphatic rings. The van der Waals surface area contributed by atoms with Crippen LogP contribution in [0.25, 0.3) is 0 Å². The van der Waals surface area contributed by atoms with Crippen molar-refractivity contribution < 1.29 is 8.42 Å². The SMILES string of the molecule is CCNS(=O)(=O)c1ccc(N)c(Sc2ncnn2C)c1. The van der Waals surface area contributed by atoms with Gasteiger partial charge in [0.25, 0.3) is 0 Å². The standard InChI is InChI=1S/C11H15N5O2S2/c1-3-15-20(17,18)8-4-5-9(12)10(6-8)19-11-13-7-14-16(11)2/h4-7,15H,3,12H2,1-2H3. The summed E-state index contributed by atoms with van der Waals surface area (Å²) < 4.78 is 28.0. The number of nitrogen functional groups attached to an aromatic ring is 1. The fourth-order valence-electron chi connectivity index (χ4n) is 1.52. The lowest BCUT2D eigenvalue weighted by Crippen LogP contribution is -2.23. The van der Waals surface area contributed by atoms with E-state index < -0.39 is 10.0 Å². The summed E-state index contributed by atoms with van der Waals surface area (Å²) in [6, 6.07) is 4.59. The van der Waals surface area contributed by atoms with Gasteiger partial charge in [-0.2, -0.15) is 5.10 Å². The van der Waals surface area contributed by atoms with Gasteiger partial charge in [-0.1, -0.05) is 6.92 Å². The average molecular weight is 313 g/mol. The van der Waals surface area contributed by atoms with E-state index in [9.17, 15) is 8.42 Å². The van der Waals surface area contributed by atoms with E-state index in [4.69, 9.17) is 5.73 Å². The molecular formula is C11H15N5O2S2. The number of anilines is 1. The van der Waals surface area contributed by atoms with Crippen molar-refractivity contribution in [1.29, 1.82) is 0 Å². The van der Waals surface area contributed by atoms with Crippen molar-refractivity contribution in [3.05, 3.63) is 24.5 Å². The number of rotatable bonds is 5. The quantitative estimate of drug-likeness (QED) is 0.793. The van der Waals surface area contributed by atoms with Crippen molar-refractivity contribution in [2.24, 2.45) is 7.05 Å². The van der Waals surface area contributed by atoms with Gasteiger partial charge in [0.05, 0.1) is 4.90 Å². The lowest BCUT2D eigenvalue weighted by atomic mass is 10.3. The van der Waals surface area contributed by atoms with E-state index in [-0.39, 0.29) is 4.90 Å². The summed E-state index contributed by atoms with van der Waals surface area (Å²) in [5.41, 5.74) is 6.37. The molecule has 3 N–H and O–H groups in total. The van der Waals surface area contributed by atoms with Crippen LogP contribution >= 0.6 is 11.8 Å². The minimum absolute atomic E-state index is 0.179. The first-order valence-electron chi connectivity index (χ1n) is 5.85. The number of aryl methyl sites for hydroxylation is 1. The first kappa shape index (κ1) is 14.8. The number of aromatic nitrogens is 3. The van der Waals surface area contributed by atoms with Crippen LogP contribution in [0.15, 0.2) is 39.5 Å². The van der Waals surface area contributed by atoms with E-state index in [0.717, 1.165) is 0 Å². The Bertz CT molecular complexity index is 711. The van der Waals surface area contributed by atoms with Crippen LogP contribution in [-0.2, 0) is 17.1 Å². The molecule has 9 heteroatoms. The Morgan fingerprint density at radius 3 is 2.80 bits per heavy atom. The molecule has 0 aliphatic heterocycles. The Hall–Kier alpha value is -1.58. The second kappa shape index (κ2) is 5.81. The molecule has 2 rings (SSSR count). The van der Waals surface area contributed by atoms with Gasteiger partial charge in [0.1, 0.15) is 6.33 Å². The zero-order chi connectivity index (χ0) is 14.8. The zero-order valence-corrected chi connectivity index (χ0v) is 12.7. The summed E-state index contributed by atoms with van der Waals surface area (Å²) >= 11 is 1.27. The molecule has 7 nitrogen and oxygen atoms in total. The van der Waals surface area contributed by atoms with Crippen molar-refractivity contribution in [3.63, 3.8) is 0 Å². The topological polar surface area (TPSA) is 103 Å². The molecule has 1 aromatic carbocycles. The minimum Gasteiger partial charge on any atom is -0.398 e. The number of nitrogens with one attached hydrogen (secondary N) is 1. The van der Waals surface area contributed by atoms with Crippen LogP contribution < -0.4 is 10.5 Å². The lowest BCUT2D eigenvalue weighted by molar-refractivity contribution is 0.583. The average Bonchev–Trinajstić information content (AvgIpc) is 2.77. The number of hydrogen-bond acceptors (Lipinski definition) is 6. The van der Waals surface area contributed by atoms with Gasteiger partial charge in [-0.25, -0.2) is 22.8 Å². The molecule has 0 spiro atoms. The predicted octanol–water partition coefficient (Wildman–Crippen LogP) is 0.847. The van der Waals surface area contributed by atoms with Crippen LogP contribution in [-0.4, -0.2) is 29.7 Å². The first-order chi connectivity index (χ1) is 9.44. The van der Waals surface area contributed by atoms with E-state index in [2.05, 4.69) is 14.8 Å². The molecular weight excluding hydrogens is 298 g/mol. The van der Waals surface area contributed by atoms with E-state index in [1.165, 1.54) is 30.2 Å². The summed E-state index contributed by atoms with van der Waals surface area (Å²) in [6.45, 7) is 2.06. The fraction of sp³-hybridized carbons (Fsp3) is 0.273. The second-order valence-electron chi connectivity index (χ2n) is 3.97. The molecule has 0 saturated carbocycles. The van der Waals surface area contributed by atoms with E-state index >= 15 is 0 Å². The van der Waals surface area contributed by atoms with Crippen LogP contribution in [0, 0.1) is 0 Å². The van der Waals surface area contributed by atoms with Crippen molar-refractivity contribution in [1.82, 2.24) is 19.5 Å². The molecule has 0 saturated heterocycles. The molecule has 0 unspecified atom stereocenters. The smallest absolute Gasteiger partial charge is 0.240 e. The summed E-state index contributed by atoms with van der Waals surface area (Å²) in [5, 5.41) is 4.59. The third-order valence-electron chi connectivity index (χ3n) is 2.50. The Balaban J connectivity index is 2.37. The maximum absolute atomic E-state index is 12.0. The molecule has 0 aliphatic carbocycles. The highest BCUT2D eigenvalue weighted by Gasteiger charge is 2.15. The highest BCUT2D eigenvalue weighted by atomic mass is 32.2. The van der Waals surface area contributed by atoms with Gasteiger partial charge in [0.15, 0.2) is 5.16 Å². The Morgan fingerprint density at radius 2 is 2.20 bits per heavy atom. The number of sulfonamides is 1. The molecule has 2 aromatic rings. The first-order valence-corrected chi connectivity index (χ1v) is 8.15. The van der Waals surface area contributed by atoms with Crippen LogP contribution in [0.5, 0.6) is 0 Å². The van der Waals surface area contributed by atoms with Crippen molar-refractivity contribution in [2.75, 3.05) is 12.3 Å². The van der Waals surface area contributed by atoms with Gasteiger partial charge in [0, 0.05) is 24.2 Å². The van der Waals surface area contributed by atoms with E-state index in [1.54, 1.807) is 24.7 Å². The minimum atomic E-state index is -3.50. The molecule has 0 fully saturated rings. The van der Waals surface area contributed by atoms with Crippen LogP contribution in [0.3, 0.4) is 0 Å². The molecule has 108 valence electrons. The molecule has 20 heavy (non-hydrogen) atoms. The number of nitrogens with zero attached hydrogens (tertiary/aromatic N) is 3. The molecule has 0 amide bonds. The summed E-state index contributed by atoms with van der Waals surface area (Å²) in [7, 11) is -1.75. The predicted molar refractivity (Wildman–Crippen MR) is 76.8 cm³/mol. The molecule has 0 atom stereocenters. The van der Waals surface area contributed by atoms with Crippen molar-refractivity contribution in [2.45, 2.75) is 21.9 Å². The Labute approximate surface area is 121 Å². The summed E-state index contributed by atoms with van der Waals surface area (Å²) in [5.74, 6) is 0. The summed E-state index contributed by atoms with van der Waals surface area (Å²) in [6.07, 6.45) is 1.43. The monoisotopic (exact) mass is 313 g/mol. The van der Waals surface area contributed by atoms with Gasteiger partial charge >= 0.3 is 0 Å². The zero-order valence-electron chi connectivity index (χ0n) is 11.1. The normalized spacial score (nSPS) is 11.7. The third-order valence-corrected chi connectivity index (χ3v) is 5.17. The fourth-order valence-corrected chi connectivity index (χ4v) is 3.51. The van der Waals surface area contributed by atoms with Gasteiger partial charge < -0.3 is 5.73 Å². The highest BCUT2D eigenvalue weighted by Crippen LogP contribution is 2.32. The molecule has 0 radical (unpaired) electrons. The van der Waals surface area contributed by atoms with E-state index in [0.29, 0.717) is 22.3 Å². The Kier molecular flexibility index (Phi) is 4.31. The number of benzene rings is 1. The summed E-state index contributed by atoms with van der Waals surface area (Å²) in [4.78, 5) is 4.88. The Morgan fingerprint density at radius 1 is 1.45 bits per heavy atom. The van der Waals surface area contributed by atoms with Crippen LogP contribution in [0.2, 0.25) is 0 Å². The molecule has 1 aromatic heterocycles. The van der Waals surface area contributed by atoms with Crippen LogP contribution in [0.1, 0.15) is 6.92 Å². The number of hydrogen-bond donors (Lipinski definition) is 2. The highest BCUT2D eigenvalue weighted by molar-refractivity contribution is 7.99. The van der Waals surface area contributed by atoms with Gasteiger partial charge in [-0.3, -0.25) is 0 Å². The van der Waals surface area contributed by atoms with Gasteiger partial charge in [0.2, 0.25) is 10.0 Å². The third kappa shape index (κ3) is 3.11. The van der Waals surface area contributed by atoms with Gasteiger partial charge in [-0.05, 0) is 30.0 Å². The van der Waals surface area contributed by atoms with Crippen LogP contribution in [0.4, 0.5) is 5.69 Å². The molecule has 0 bridgehead atoms. The van der Waals surface area contributed by atoms with Gasteiger partial charge in [-0.15, -0.1) is 0 Å². The van der Waals surface area contributed by atoms with Crippen molar-refractivity contribution in [3.8, 4) is 0 Å². The second-order valence-corrected chi connectivity index (χ2v) is 6.75. The maximum atomic E-state index is 12.0. The van der Waals surface area contributed by atoms with Crippen molar-refractivity contribution >= 4 is 27.5 Å².